The fourth-order valence-electron chi connectivity index (χ4n) is 3.36. The number of anilines is 1. The number of carbonyl (C=O) groups is 1. The highest BCUT2D eigenvalue weighted by Crippen LogP contribution is 2.24. The van der Waals surface area contributed by atoms with Gasteiger partial charge in [-0.15, -0.1) is 0 Å². The first-order valence-electron chi connectivity index (χ1n) is 10.5. The van der Waals surface area contributed by atoms with E-state index in [4.69, 9.17) is 9.26 Å². The zero-order valence-electron chi connectivity index (χ0n) is 18.5. The molecule has 1 N–H and O–H groups in total. The quantitative estimate of drug-likeness (QED) is 0.387. The Morgan fingerprint density at radius 2 is 1.79 bits per heavy atom. The van der Waals surface area contributed by atoms with Crippen LogP contribution >= 0.6 is 0 Å². The fourth-order valence-corrected chi connectivity index (χ4v) is 3.36. The first kappa shape index (κ1) is 21.1. The van der Waals surface area contributed by atoms with E-state index in [1.54, 1.807) is 49.5 Å². The summed E-state index contributed by atoms with van der Waals surface area (Å²) in [6.07, 6.45) is 3.54. The normalized spacial score (nSPS) is 10.8. The molecule has 9 heteroatoms. The molecule has 3 heterocycles. The maximum atomic E-state index is 12.6. The second-order valence-corrected chi connectivity index (χ2v) is 7.48. The molecule has 0 saturated carbocycles. The summed E-state index contributed by atoms with van der Waals surface area (Å²) in [6, 6.07) is 19.8. The van der Waals surface area contributed by atoms with Gasteiger partial charge in [0, 0.05) is 35.8 Å². The second kappa shape index (κ2) is 8.99. The Hall–Kier alpha value is -4.79. The van der Waals surface area contributed by atoms with Gasteiger partial charge in [-0.05, 0) is 38.1 Å². The SMILES string of the molecule is Cc1nc(Oc2ccc(NC(=O)c3cc(-c4ccccc4)on3)cc2)cc(-n2ccnc2C)n1. The molecular weight excluding hydrogens is 432 g/mol. The molecule has 5 rings (SSSR count). The minimum absolute atomic E-state index is 0.193. The molecule has 3 aromatic heterocycles. The van der Waals surface area contributed by atoms with E-state index in [9.17, 15) is 4.79 Å². The number of hydrogen-bond acceptors (Lipinski definition) is 7. The van der Waals surface area contributed by atoms with Crippen LogP contribution in [-0.4, -0.2) is 30.6 Å². The topological polar surface area (TPSA) is 108 Å². The van der Waals surface area contributed by atoms with E-state index in [0.29, 0.717) is 34.7 Å². The number of aromatic nitrogens is 5. The predicted octanol–water partition coefficient (Wildman–Crippen LogP) is 4.98. The molecule has 34 heavy (non-hydrogen) atoms. The van der Waals surface area contributed by atoms with Crippen molar-refractivity contribution >= 4 is 11.6 Å². The fraction of sp³-hybridized carbons (Fsp3) is 0.0800. The summed E-state index contributed by atoms with van der Waals surface area (Å²) in [5.74, 6) is 3.19. The third kappa shape index (κ3) is 4.53. The third-order valence-electron chi connectivity index (χ3n) is 5.01. The Bertz CT molecular complexity index is 1440. The first-order chi connectivity index (χ1) is 16.5. The van der Waals surface area contributed by atoms with Crippen LogP contribution in [0.5, 0.6) is 11.6 Å². The van der Waals surface area contributed by atoms with Crippen molar-refractivity contribution in [3.63, 3.8) is 0 Å². The Balaban J connectivity index is 1.27. The maximum Gasteiger partial charge on any atom is 0.277 e. The lowest BCUT2D eigenvalue weighted by Gasteiger charge is -2.10. The minimum atomic E-state index is -0.369. The highest BCUT2D eigenvalue weighted by Gasteiger charge is 2.14. The van der Waals surface area contributed by atoms with Crippen LogP contribution in [-0.2, 0) is 0 Å². The summed E-state index contributed by atoms with van der Waals surface area (Å²) in [6.45, 7) is 3.70. The maximum absolute atomic E-state index is 12.6. The molecule has 2 aromatic carbocycles. The van der Waals surface area contributed by atoms with E-state index in [0.717, 1.165) is 11.4 Å². The number of carbonyl (C=O) groups excluding carboxylic acids is 1. The number of hydrogen-bond donors (Lipinski definition) is 1. The van der Waals surface area contributed by atoms with Gasteiger partial charge in [0.25, 0.3) is 5.91 Å². The van der Waals surface area contributed by atoms with E-state index < -0.39 is 0 Å². The lowest BCUT2D eigenvalue weighted by molar-refractivity contribution is 0.101. The van der Waals surface area contributed by atoms with Gasteiger partial charge in [-0.3, -0.25) is 9.36 Å². The summed E-state index contributed by atoms with van der Waals surface area (Å²) in [7, 11) is 0. The zero-order valence-corrected chi connectivity index (χ0v) is 18.5. The Morgan fingerprint density at radius 3 is 2.53 bits per heavy atom. The molecule has 0 unspecified atom stereocenters. The molecule has 0 aliphatic rings. The molecule has 0 saturated heterocycles. The number of benzene rings is 2. The summed E-state index contributed by atoms with van der Waals surface area (Å²) >= 11 is 0. The number of nitrogens with zero attached hydrogens (tertiary/aromatic N) is 5. The lowest BCUT2D eigenvalue weighted by Crippen LogP contribution is -2.12. The molecule has 1 amide bonds. The monoisotopic (exact) mass is 452 g/mol. The molecular formula is C25H20N6O3. The minimum Gasteiger partial charge on any atom is -0.439 e. The number of nitrogens with one attached hydrogen (secondary N) is 1. The van der Waals surface area contributed by atoms with Crippen molar-refractivity contribution in [1.29, 1.82) is 0 Å². The van der Waals surface area contributed by atoms with Gasteiger partial charge in [-0.1, -0.05) is 35.5 Å². The van der Waals surface area contributed by atoms with Gasteiger partial charge in [0.05, 0.1) is 0 Å². The number of rotatable bonds is 6. The van der Waals surface area contributed by atoms with Crippen LogP contribution in [0.2, 0.25) is 0 Å². The largest absolute Gasteiger partial charge is 0.439 e. The van der Waals surface area contributed by atoms with Crippen LogP contribution in [0.25, 0.3) is 17.1 Å². The van der Waals surface area contributed by atoms with Crippen LogP contribution in [0.15, 0.2) is 83.6 Å². The van der Waals surface area contributed by atoms with Crippen molar-refractivity contribution in [2.24, 2.45) is 0 Å². The lowest BCUT2D eigenvalue weighted by atomic mass is 10.1. The summed E-state index contributed by atoms with van der Waals surface area (Å²) in [5.41, 5.74) is 1.63. The summed E-state index contributed by atoms with van der Waals surface area (Å²) < 4.78 is 13.1. The summed E-state index contributed by atoms with van der Waals surface area (Å²) in [4.78, 5) is 25.6. The van der Waals surface area contributed by atoms with E-state index in [-0.39, 0.29) is 11.6 Å². The Kier molecular flexibility index (Phi) is 5.57. The second-order valence-electron chi connectivity index (χ2n) is 7.48. The molecule has 0 bridgehead atoms. The van der Waals surface area contributed by atoms with Crippen LogP contribution in [0, 0.1) is 13.8 Å². The predicted molar refractivity (Wildman–Crippen MR) is 125 cm³/mol. The molecule has 0 radical (unpaired) electrons. The van der Waals surface area contributed by atoms with Gasteiger partial charge in [0.2, 0.25) is 5.88 Å². The number of amides is 1. The van der Waals surface area contributed by atoms with Crippen molar-refractivity contribution < 1.29 is 14.1 Å². The molecule has 0 aliphatic carbocycles. The van der Waals surface area contributed by atoms with E-state index in [1.165, 1.54) is 0 Å². The molecule has 0 spiro atoms. The Morgan fingerprint density at radius 1 is 1.00 bits per heavy atom. The molecule has 0 aliphatic heterocycles. The van der Waals surface area contributed by atoms with Crippen LogP contribution in [0.4, 0.5) is 5.69 Å². The van der Waals surface area contributed by atoms with Gasteiger partial charge in [0.1, 0.15) is 23.2 Å². The van der Waals surface area contributed by atoms with Gasteiger partial charge in [-0.25, -0.2) is 9.97 Å². The van der Waals surface area contributed by atoms with Crippen molar-refractivity contribution in [1.82, 2.24) is 24.7 Å². The average Bonchev–Trinajstić information content (AvgIpc) is 3.50. The highest BCUT2D eigenvalue weighted by atomic mass is 16.5. The van der Waals surface area contributed by atoms with E-state index in [2.05, 4.69) is 25.4 Å². The van der Waals surface area contributed by atoms with Crippen molar-refractivity contribution in [2.45, 2.75) is 13.8 Å². The van der Waals surface area contributed by atoms with E-state index in [1.807, 2.05) is 48.0 Å². The first-order valence-corrected chi connectivity index (χ1v) is 10.5. The zero-order chi connectivity index (χ0) is 23.5. The molecule has 168 valence electrons. The number of aryl methyl sites for hydroxylation is 2. The molecule has 0 atom stereocenters. The molecule has 9 nitrogen and oxygen atoms in total. The third-order valence-corrected chi connectivity index (χ3v) is 5.01. The van der Waals surface area contributed by atoms with Gasteiger partial charge in [0.15, 0.2) is 11.5 Å². The highest BCUT2D eigenvalue weighted by molar-refractivity contribution is 6.03. The Labute approximate surface area is 195 Å². The smallest absolute Gasteiger partial charge is 0.277 e. The van der Waals surface area contributed by atoms with Crippen LogP contribution < -0.4 is 10.1 Å². The van der Waals surface area contributed by atoms with Crippen LogP contribution in [0.1, 0.15) is 22.1 Å². The van der Waals surface area contributed by atoms with Crippen molar-refractivity contribution in [3.8, 4) is 28.8 Å². The molecule has 5 aromatic rings. The standard InChI is InChI=1S/C25H20N6O3/c1-16-27-23(31-13-12-26-17(31)2)15-24(28-16)33-20-10-8-19(9-11-20)29-25(32)21-14-22(34-30-21)18-6-4-3-5-7-18/h3-15H,1-2H3,(H,29,32). The average molecular weight is 452 g/mol. The van der Waals surface area contributed by atoms with Crippen LogP contribution in [0.3, 0.4) is 0 Å². The van der Waals surface area contributed by atoms with Gasteiger partial charge >= 0.3 is 0 Å². The van der Waals surface area contributed by atoms with Crippen molar-refractivity contribution in [3.05, 3.63) is 96.5 Å². The van der Waals surface area contributed by atoms with Crippen molar-refractivity contribution in [2.75, 3.05) is 5.32 Å². The summed E-state index contributed by atoms with van der Waals surface area (Å²) in [5, 5.41) is 6.68. The van der Waals surface area contributed by atoms with Gasteiger partial charge < -0.3 is 14.6 Å². The van der Waals surface area contributed by atoms with Gasteiger partial charge in [-0.2, -0.15) is 4.98 Å². The van der Waals surface area contributed by atoms with E-state index >= 15 is 0 Å². The number of imidazole rings is 1. The molecule has 0 fully saturated rings. The number of ether oxygens (including phenoxy) is 1.